The number of likely N-dealkylation sites (tertiary alicyclic amines) is 1. The van der Waals surface area contributed by atoms with Crippen molar-refractivity contribution in [2.75, 3.05) is 69.2 Å². The predicted molar refractivity (Wildman–Crippen MR) is 146 cm³/mol. The molecular weight excluding hydrogens is 520 g/mol. The zero-order valence-electron chi connectivity index (χ0n) is 22.6. The molecule has 0 radical (unpaired) electrons. The summed E-state index contributed by atoms with van der Waals surface area (Å²) in [5.74, 6) is 0.962. The Morgan fingerprint density at radius 3 is 2.65 bits per heavy atom. The number of fused-ring (bicyclic) bond motifs is 1. The van der Waals surface area contributed by atoms with Gasteiger partial charge >= 0.3 is 0 Å². The summed E-state index contributed by atoms with van der Waals surface area (Å²) < 4.78 is 36.5. The summed E-state index contributed by atoms with van der Waals surface area (Å²) in [6.45, 7) is 7.76. The van der Waals surface area contributed by atoms with Gasteiger partial charge in [-0.2, -0.15) is 10.2 Å². The largest absolute Gasteiger partial charge is 0.378 e. The van der Waals surface area contributed by atoms with Crippen molar-refractivity contribution in [1.29, 1.82) is 0 Å². The Bertz CT molecular complexity index is 1290. The molecular formula is C27H37F2N9O2. The van der Waals surface area contributed by atoms with E-state index in [9.17, 15) is 13.6 Å². The average molecular weight is 558 g/mol. The van der Waals surface area contributed by atoms with E-state index in [4.69, 9.17) is 4.74 Å². The fourth-order valence-corrected chi connectivity index (χ4v) is 5.97. The van der Waals surface area contributed by atoms with Crippen molar-refractivity contribution in [2.24, 2.45) is 5.92 Å². The molecule has 216 valence electrons. The molecule has 6 rings (SSSR count). The molecule has 6 heterocycles. The van der Waals surface area contributed by atoms with Crippen LogP contribution in [-0.4, -0.2) is 94.2 Å². The van der Waals surface area contributed by atoms with Crippen LogP contribution in [0.5, 0.6) is 0 Å². The number of nitrogens with one attached hydrogen (secondary N) is 2. The molecule has 1 amide bonds. The molecule has 3 aliphatic heterocycles. The van der Waals surface area contributed by atoms with Crippen LogP contribution in [-0.2, 0) is 4.74 Å². The molecule has 2 N–H and O–H groups in total. The van der Waals surface area contributed by atoms with E-state index < -0.39 is 18.0 Å². The van der Waals surface area contributed by atoms with Gasteiger partial charge in [-0.1, -0.05) is 0 Å². The number of morpholine rings is 1. The average Bonchev–Trinajstić information content (AvgIpc) is 3.62. The number of rotatable bonds is 8. The molecule has 0 unspecified atom stereocenters. The molecule has 40 heavy (non-hydrogen) atoms. The molecule has 0 spiro atoms. The predicted octanol–water partition coefficient (Wildman–Crippen LogP) is 2.98. The minimum atomic E-state index is -2.81. The number of nitrogens with zero attached hydrogens (tertiary/aromatic N) is 7. The summed E-state index contributed by atoms with van der Waals surface area (Å²) in [5.41, 5.74) is 0.187. The maximum Gasteiger partial charge on any atom is 0.284 e. The van der Waals surface area contributed by atoms with Crippen LogP contribution in [0.15, 0.2) is 24.7 Å². The number of piperidine rings is 2. The fraction of sp³-hybridized carbons (Fsp3) is 0.630. The number of hydrogen-bond donors (Lipinski definition) is 2. The Morgan fingerprint density at radius 1 is 1.12 bits per heavy atom. The standard InChI is InChI=1S/C27H37F2N9O2/c28-25(29)24-22(18-38(34-24)20-4-10-35(11-5-20)9-3-19-1-7-30-8-2-19)32-27(39)21-17-31-37-12-6-23(33-26(21)37)36-13-15-40-16-14-36/h6,12,17-20,25,30H,1-5,7-11,13-16H2,(H,32,39). The molecule has 0 bridgehead atoms. The van der Waals surface area contributed by atoms with Crippen LogP contribution in [0.3, 0.4) is 0 Å². The van der Waals surface area contributed by atoms with E-state index in [2.05, 4.69) is 35.6 Å². The molecule has 0 atom stereocenters. The molecule has 3 saturated heterocycles. The second-order valence-corrected chi connectivity index (χ2v) is 10.9. The van der Waals surface area contributed by atoms with Crippen LogP contribution in [0.4, 0.5) is 20.3 Å². The lowest BCUT2D eigenvalue weighted by Gasteiger charge is -2.33. The first-order chi connectivity index (χ1) is 19.5. The summed E-state index contributed by atoms with van der Waals surface area (Å²) in [5, 5.41) is 14.5. The monoisotopic (exact) mass is 557 g/mol. The lowest BCUT2D eigenvalue weighted by atomic mass is 9.94. The first-order valence-electron chi connectivity index (χ1n) is 14.3. The third-order valence-corrected chi connectivity index (χ3v) is 8.39. The van der Waals surface area contributed by atoms with Gasteiger partial charge in [-0.15, -0.1) is 0 Å². The van der Waals surface area contributed by atoms with Crippen LogP contribution >= 0.6 is 0 Å². The SMILES string of the molecule is O=C(Nc1cn(C2CCN(CCC3CCNCC3)CC2)nc1C(F)F)c1cnn2ccc(N3CCOCC3)nc12. The van der Waals surface area contributed by atoms with Crippen molar-refractivity contribution in [3.05, 3.63) is 35.9 Å². The van der Waals surface area contributed by atoms with Crippen LogP contribution in [0.25, 0.3) is 5.65 Å². The Balaban J connectivity index is 1.12. The minimum absolute atomic E-state index is 0.0213. The van der Waals surface area contributed by atoms with E-state index >= 15 is 0 Å². The third kappa shape index (κ3) is 5.96. The number of amides is 1. The van der Waals surface area contributed by atoms with Crippen LogP contribution < -0.4 is 15.5 Å². The van der Waals surface area contributed by atoms with Crippen molar-refractivity contribution < 1.29 is 18.3 Å². The van der Waals surface area contributed by atoms with Gasteiger partial charge in [-0.3, -0.25) is 9.48 Å². The molecule has 13 heteroatoms. The van der Waals surface area contributed by atoms with Gasteiger partial charge in [0.25, 0.3) is 12.3 Å². The highest BCUT2D eigenvalue weighted by Gasteiger charge is 2.27. The van der Waals surface area contributed by atoms with Gasteiger partial charge in [0.2, 0.25) is 0 Å². The molecule has 0 aromatic carbocycles. The molecule has 0 aliphatic carbocycles. The first kappa shape index (κ1) is 27.0. The van der Waals surface area contributed by atoms with Gasteiger partial charge in [0.1, 0.15) is 11.4 Å². The van der Waals surface area contributed by atoms with Crippen molar-refractivity contribution >= 4 is 23.1 Å². The number of halogens is 2. The smallest absolute Gasteiger partial charge is 0.284 e. The normalized spacial score (nSPS) is 20.0. The van der Waals surface area contributed by atoms with E-state index in [1.807, 2.05) is 6.07 Å². The molecule has 0 saturated carbocycles. The second kappa shape index (κ2) is 12.1. The molecule has 3 aromatic rings. The Morgan fingerprint density at radius 2 is 1.90 bits per heavy atom. The first-order valence-corrected chi connectivity index (χ1v) is 14.3. The quantitative estimate of drug-likeness (QED) is 0.436. The highest BCUT2D eigenvalue weighted by Crippen LogP contribution is 2.31. The molecule has 11 nitrogen and oxygen atoms in total. The Hall–Kier alpha value is -3.16. The van der Waals surface area contributed by atoms with E-state index in [1.54, 1.807) is 17.1 Å². The summed E-state index contributed by atoms with van der Waals surface area (Å²) in [6, 6.07) is 1.86. The molecule has 3 aliphatic rings. The number of aromatic nitrogens is 5. The van der Waals surface area contributed by atoms with E-state index in [0.29, 0.717) is 37.8 Å². The third-order valence-electron chi connectivity index (χ3n) is 8.39. The summed E-state index contributed by atoms with van der Waals surface area (Å²) in [7, 11) is 0. The number of carbonyl (C=O) groups excluding carboxylic acids is 1. The number of hydrogen-bond acceptors (Lipinski definition) is 8. The van der Waals surface area contributed by atoms with Crippen LogP contribution in [0.2, 0.25) is 0 Å². The highest BCUT2D eigenvalue weighted by molar-refractivity contribution is 6.08. The number of anilines is 2. The number of alkyl halides is 2. The van der Waals surface area contributed by atoms with Gasteiger partial charge in [0.15, 0.2) is 11.3 Å². The second-order valence-electron chi connectivity index (χ2n) is 10.9. The minimum Gasteiger partial charge on any atom is -0.378 e. The number of carbonyl (C=O) groups is 1. The van der Waals surface area contributed by atoms with Gasteiger partial charge in [-0.25, -0.2) is 18.3 Å². The maximum absolute atomic E-state index is 14.0. The van der Waals surface area contributed by atoms with E-state index in [-0.39, 0.29) is 17.3 Å². The zero-order chi connectivity index (χ0) is 27.5. The zero-order valence-corrected chi connectivity index (χ0v) is 22.6. The van der Waals surface area contributed by atoms with Crippen molar-refractivity contribution in [1.82, 2.24) is 34.6 Å². The number of ether oxygens (including phenoxy) is 1. The topological polar surface area (TPSA) is 105 Å². The lowest BCUT2D eigenvalue weighted by Crippen LogP contribution is -2.37. The highest BCUT2D eigenvalue weighted by atomic mass is 19.3. The fourth-order valence-electron chi connectivity index (χ4n) is 5.97. The van der Waals surface area contributed by atoms with Gasteiger partial charge in [0.05, 0.1) is 31.1 Å². The van der Waals surface area contributed by atoms with E-state index in [1.165, 1.54) is 30.0 Å². The summed E-state index contributed by atoms with van der Waals surface area (Å²) in [4.78, 5) is 22.4. The van der Waals surface area contributed by atoms with Crippen molar-refractivity contribution in [2.45, 2.75) is 44.6 Å². The van der Waals surface area contributed by atoms with Crippen LogP contribution in [0, 0.1) is 5.92 Å². The van der Waals surface area contributed by atoms with Crippen molar-refractivity contribution in [3.8, 4) is 0 Å². The molecule has 3 aromatic heterocycles. The van der Waals surface area contributed by atoms with Gasteiger partial charge in [-0.05, 0) is 63.7 Å². The van der Waals surface area contributed by atoms with Crippen LogP contribution in [0.1, 0.15) is 60.6 Å². The van der Waals surface area contributed by atoms with Gasteiger partial charge in [0, 0.05) is 38.6 Å². The summed E-state index contributed by atoms with van der Waals surface area (Å²) in [6.07, 6.45) is 7.27. The Labute approximate surface area is 231 Å². The molecule has 3 fully saturated rings. The van der Waals surface area contributed by atoms with Gasteiger partial charge < -0.3 is 25.2 Å². The van der Waals surface area contributed by atoms with E-state index in [0.717, 1.165) is 51.5 Å². The summed E-state index contributed by atoms with van der Waals surface area (Å²) >= 11 is 0. The van der Waals surface area contributed by atoms with Crippen molar-refractivity contribution in [3.63, 3.8) is 0 Å². The maximum atomic E-state index is 14.0. The lowest BCUT2D eigenvalue weighted by molar-refractivity contribution is 0.102. The Kier molecular flexibility index (Phi) is 8.21.